The van der Waals surface area contributed by atoms with E-state index < -0.39 is 0 Å². The van der Waals surface area contributed by atoms with E-state index in [2.05, 4.69) is 35.6 Å². The zero-order valence-electron chi connectivity index (χ0n) is 15.5. The zero-order chi connectivity index (χ0) is 17.9. The lowest BCUT2D eigenvalue weighted by molar-refractivity contribution is 0.412. The summed E-state index contributed by atoms with van der Waals surface area (Å²) in [6.07, 6.45) is 4.98. The van der Waals surface area contributed by atoms with Gasteiger partial charge in [0.2, 0.25) is 0 Å². The van der Waals surface area contributed by atoms with Crippen molar-refractivity contribution >= 4 is 16.5 Å². The molecule has 3 aromatic rings. The molecule has 1 aliphatic carbocycles. The van der Waals surface area contributed by atoms with Crippen molar-refractivity contribution in [1.82, 2.24) is 0 Å². The van der Waals surface area contributed by atoms with Crippen LogP contribution in [0.15, 0.2) is 48.5 Å². The van der Waals surface area contributed by atoms with Gasteiger partial charge in [-0.3, -0.25) is 0 Å². The van der Waals surface area contributed by atoms with Crippen molar-refractivity contribution in [2.24, 2.45) is 0 Å². The predicted octanol–water partition coefficient (Wildman–Crippen LogP) is 5.35. The molecule has 4 rings (SSSR count). The largest absolute Gasteiger partial charge is 0.497 e. The molecule has 0 radical (unpaired) electrons. The summed E-state index contributed by atoms with van der Waals surface area (Å²) in [5.74, 6) is 1.72. The van der Waals surface area contributed by atoms with Gasteiger partial charge in [0.1, 0.15) is 11.5 Å². The predicted molar refractivity (Wildman–Crippen MR) is 107 cm³/mol. The topological polar surface area (TPSA) is 30.5 Å². The molecule has 3 nitrogen and oxygen atoms in total. The van der Waals surface area contributed by atoms with E-state index in [1.165, 1.54) is 53.4 Å². The van der Waals surface area contributed by atoms with Gasteiger partial charge in [-0.25, -0.2) is 0 Å². The van der Waals surface area contributed by atoms with Crippen molar-refractivity contribution in [3.63, 3.8) is 0 Å². The first kappa shape index (κ1) is 16.8. The number of aryl methyl sites for hydroxylation is 1. The van der Waals surface area contributed by atoms with Crippen molar-refractivity contribution in [3.8, 4) is 11.5 Å². The van der Waals surface area contributed by atoms with Gasteiger partial charge in [-0.2, -0.15) is 0 Å². The number of rotatable bonds is 5. The number of nitrogens with one attached hydrogen (secondary N) is 1. The Morgan fingerprint density at radius 2 is 1.77 bits per heavy atom. The van der Waals surface area contributed by atoms with Gasteiger partial charge in [-0.1, -0.05) is 24.3 Å². The molecule has 1 N–H and O–H groups in total. The lowest BCUT2D eigenvalue weighted by Gasteiger charge is -2.20. The lowest BCUT2D eigenvalue weighted by atomic mass is 9.90. The fourth-order valence-electron chi connectivity index (χ4n) is 3.96. The van der Waals surface area contributed by atoms with Crippen molar-refractivity contribution in [1.29, 1.82) is 0 Å². The Morgan fingerprint density at radius 1 is 0.885 bits per heavy atom. The van der Waals surface area contributed by atoms with E-state index in [0.29, 0.717) is 0 Å². The third kappa shape index (κ3) is 3.10. The molecule has 3 aromatic carbocycles. The van der Waals surface area contributed by atoms with Crippen molar-refractivity contribution in [2.45, 2.75) is 32.2 Å². The fourth-order valence-corrected chi connectivity index (χ4v) is 3.96. The molecule has 0 bridgehead atoms. The Labute approximate surface area is 154 Å². The zero-order valence-corrected chi connectivity index (χ0v) is 15.5. The van der Waals surface area contributed by atoms with Crippen molar-refractivity contribution < 1.29 is 9.47 Å². The second-order valence-corrected chi connectivity index (χ2v) is 6.84. The number of ether oxygens (including phenoxy) is 2. The number of hydrogen-bond donors (Lipinski definition) is 1. The van der Waals surface area contributed by atoms with E-state index in [9.17, 15) is 0 Å². The van der Waals surface area contributed by atoms with Crippen LogP contribution in [0.4, 0.5) is 5.69 Å². The van der Waals surface area contributed by atoms with Crippen LogP contribution in [0.25, 0.3) is 10.8 Å². The van der Waals surface area contributed by atoms with Crippen LogP contribution in [0.5, 0.6) is 11.5 Å². The maximum atomic E-state index is 5.54. The third-order valence-electron chi connectivity index (χ3n) is 5.36. The summed E-state index contributed by atoms with van der Waals surface area (Å²) in [6.45, 7) is 0.795. The maximum Gasteiger partial charge on any atom is 0.126 e. The van der Waals surface area contributed by atoms with E-state index in [-0.39, 0.29) is 0 Å². The molecule has 0 aliphatic heterocycles. The number of anilines is 1. The molecule has 0 fully saturated rings. The molecule has 0 amide bonds. The molecule has 0 heterocycles. The van der Waals surface area contributed by atoms with Crippen molar-refractivity contribution in [3.05, 3.63) is 65.2 Å². The highest BCUT2D eigenvalue weighted by atomic mass is 16.5. The summed E-state index contributed by atoms with van der Waals surface area (Å²) >= 11 is 0. The molecule has 0 atom stereocenters. The van der Waals surface area contributed by atoms with Gasteiger partial charge in [0, 0.05) is 17.6 Å². The molecule has 1 aliphatic rings. The molecule has 0 aromatic heterocycles. The lowest BCUT2D eigenvalue weighted by Crippen LogP contribution is -2.08. The van der Waals surface area contributed by atoms with Crippen LogP contribution in [0.3, 0.4) is 0 Å². The summed E-state index contributed by atoms with van der Waals surface area (Å²) in [4.78, 5) is 0. The van der Waals surface area contributed by atoms with Gasteiger partial charge in [0.25, 0.3) is 0 Å². The minimum atomic E-state index is 0.795. The Bertz CT molecular complexity index is 933. The molecule has 3 heteroatoms. The Hall–Kier alpha value is -2.68. The van der Waals surface area contributed by atoms with Gasteiger partial charge >= 0.3 is 0 Å². The molecule has 0 saturated carbocycles. The quantitative estimate of drug-likeness (QED) is 0.675. The number of fused-ring (bicyclic) bond motifs is 2. The van der Waals surface area contributed by atoms with Gasteiger partial charge in [-0.15, -0.1) is 0 Å². The van der Waals surface area contributed by atoms with Crippen LogP contribution in [0.2, 0.25) is 0 Å². The minimum Gasteiger partial charge on any atom is -0.497 e. The average molecular weight is 347 g/mol. The SMILES string of the molecule is COc1ccc2c(CNc3cccc4c3CCCC4)ccc(OC)c2c1. The van der Waals surface area contributed by atoms with E-state index in [1.807, 2.05) is 18.2 Å². The van der Waals surface area contributed by atoms with Crippen LogP contribution in [0.1, 0.15) is 29.5 Å². The maximum absolute atomic E-state index is 5.54. The highest BCUT2D eigenvalue weighted by Gasteiger charge is 2.13. The first-order valence-corrected chi connectivity index (χ1v) is 9.28. The summed E-state index contributed by atoms with van der Waals surface area (Å²) in [5.41, 5.74) is 5.54. The normalized spacial score (nSPS) is 13.3. The summed E-state index contributed by atoms with van der Waals surface area (Å²) in [6, 6.07) is 17.0. The summed E-state index contributed by atoms with van der Waals surface area (Å²) in [7, 11) is 3.40. The number of methoxy groups -OCH3 is 2. The first-order valence-electron chi connectivity index (χ1n) is 9.28. The van der Waals surface area contributed by atoms with E-state index >= 15 is 0 Å². The van der Waals surface area contributed by atoms with Gasteiger partial charge in [0.15, 0.2) is 0 Å². The van der Waals surface area contributed by atoms with Crippen LogP contribution in [-0.2, 0) is 19.4 Å². The average Bonchev–Trinajstić information content (AvgIpc) is 2.71. The summed E-state index contributed by atoms with van der Waals surface area (Å²) in [5, 5.41) is 5.96. The third-order valence-corrected chi connectivity index (χ3v) is 5.36. The Kier molecular flexibility index (Phi) is 4.70. The molecule has 0 saturated heterocycles. The smallest absolute Gasteiger partial charge is 0.126 e. The number of benzene rings is 3. The van der Waals surface area contributed by atoms with Crippen LogP contribution in [0, 0.1) is 0 Å². The van der Waals surface area contributed by atoms with E-state index in [0.717, 1.165) is 23.4 Å². The first-order chi connectivity index (χ1) is 12.8. The highest BCUT2D eigenvalue weighted by molar-refractivity contribution is 5.92. The van der Waals surface area contributed by atoms with Crippen LogP contribution >= 0.6 is 0 Å². The molecular formula is C23H25NO2. The van der Waals surface area contributed by atoms with E-state index in [1.54, 1.807) is 14.2 Å². The molecule has 0 spiro atoms. The fraction of sp³-hybridized carbons (Fsp3) is 0.304. The second kappa shape index (κ2) is 7.28. The molecule has 26 heavy (non-hydrogen) atoms. The monoisotopic (exact) mass is 347 g/mol. The second-order valence-electron chi connectivity index (χ2n) is 6.84. The van der Waals surface area contributed by atoms with Gasteiger partial charge < -0.3 is 14.8 Å². The molecule has 134 valence electrons. The Morgan fingerprint density at radius 3 is 2.62 bits per heavy atom. The van der Waals surface area contributed by atoms with Crippen molar-refractivity contribution in [2.75, 3.05) is 19.5 Å². The standard InChI is InChI=1S/C23H25NO2/c1-25-18-11-12-19-17(10-13-23(26-2)21(19)14-18)15-24-22-9-5-7-16-6-3-4-8-20(16)22/h5,7,9-14,24H,3-4,6,8,15H2,1-2H3. The number of hydrogen-bond acceptors (Lipinski definition) is 3. The van der Waals surface area contributed by atoms with Gasteiger partial charge in [0.05, 0.1) is 14.2 Å². The molecular weight excluding hydrogens is 322 g/mol. The van der Waals surface area contributed by atoms with Crippen LogP contribution < -0.4 is 14.8 Å². The minimum absolute atomic E-state index is 0.795. The highest BCUT2D eigenvalue weighted by Crippen LogP contribution is 2.33. The van der Waals surface area contributed by atoms with Gasteiger partial charge in [-0.05, 0) is 72.0 Å². The van der Waals surface area contributed by atoms with E-state index in [4.69, 9.17) is 9.47 Å². The van der Waals surface area contributed by atoms with Crippen LogP contribution in [-0.4, -0.2) is 14.2 Å². The summed E-state index contributed by atoms with van der Waals surface area (Å²) < 4.78 is 10.9. The Balaban J connectivity index is 1.66. The molecule has 0 unspecified atom stereocenters.